The van der Waals surface area contributed by atoms with Crippen molar-refractivity contribution in [2.24, 2.45) is 0 Å². The molecule has 0 bridgehead atoms. The zero-order chi connectivity index (χ0) is 38.0. The van der Waals surface area contributed by atoms with Gasteiger partial charge in [-0.3, -0.25) is 0 Å². The van der Waals surface area contributed by atoms with E-state index in [1.165, 1.54) is 48.7 Å². The molecule has 0 unspecified atom stereocenters. The van der Waals surface area contributed by atoms with Crippen LogP contribution < -0.4 is 0 Å². The molecule has 5 heteroatoms. The van der Waals surface area contributed by atoms with E-state index < -0.39 is 0 Å². The summed E-state index contributed by atoms with van der Waals surface area (Å²) >= 11 is 1.77. The van der Waals surface area contributed by atoms with Gasteiger partial charge >= 0.3 is 0 Å². The standard InChI is InChI=1S/C52H36N4S/c1-3-16-44-33(2)40-21-10-13-24-45(40)55(44)38-29-37(30-39(32-38)56-46-25-14-11-22-41(46)42-23-12-15-26-47(42)56)36-27-28-48-43(31-36)50-51(57-48)49(34-17-6-4-7-18-34)53-52(54-50)35-19-8-5-9-20-35/h3-32H,1-2H3/b16-3-. The van der Waals surface area contributed by atoms with Crippen LogP contribution in [0.15, 0.2) is 176 Å². The Morgan fingerprint density at radius 3 is 1.74 bits per heavy atom. The van der Waals surface area contributed by atoms with Crippen LogP contribution in [0.1, 0.15) is 18.2 Å². The maximum absolute atomic E-state index is 5.30. The largest absolute Gasteiger partial charge is 0.310 e. The Labute approximate surface area is 334 Å². The molecule has 0 N–H and O–H groups in total. The van der Waals surface area contributed by atoms with E-state index in [0.717, 1.165) is 60.7 Å². The van der Waals surface area contributed by atoms with Gasteiger partial charge in [0.15, 0.2) is 5.82 Å². The molecule has 4 nitrogen and oxygen atoms in total. The number of aromatic nitrogens is 4. The van der Waals surface area contributed by atoms with Gasteiger partial charge in [-0.1, -0.05) is 127 Å². The third-order valence-corrected chi connectivity index (χ3v) is 12.4. The molecule has 0 radical (unpaired) electrons. The minimum absolute atomic E-state index is 0.731. The Kier molecular flexibility index (Phi) is 7.76. The molecule has 57 heavy (non-hydrogen) atoms. The topological polar surface area (TPSA) is 35.6 Å². The molecule has 0 spiro atoms. The molecule has 11 aromatic rings. The summed E-state index contributed by atoms with van der Waals surface area (Å²) in [6.45, 7) is 4.33. The molecule has 4 heterocycles. The summed E-state index contributed by atoms with van der Waals surface area (Å²) in [7, 11) is 0. The molecule has 11 rings (SSSR count). The molecule has 0 fully saturated rings. The van der Waals surface area contributed by atoms with Crippen LogP contribution in [0, 0.1) is 6.92 Å². The number of aryl methyl sites for hydroxylation is 1. The second kappa shape index (κ2) is 13.3. The van der Waals surface area contributed by atoms with Crippen LogP contribution >= 0.6 is 11.3 Å². The van der Waals surface area contributed by atoms with Crippen molar-refractivity contribution in [3.8, 4) is 45.1 Å². The quantitative estimate of drug-likeness (QED) is 0.170. The number of para-hydroxylation sites is 3. The molecule has 0 atom stereocenters. The Morgan fingerprint density at radius 1 is 0.491 bits per heavy atom. The number of hydrogen-bond donors (Lipinski definition) is 0. The highest BCUT2D eigenvalue weighted by molar-refractivity contribution is 7.26. The second-order valence-electron chi connectivity index (χ2n) is 14.6. The minimum Gasteiger partial charge on any atom is -0.310 e. The first-order chi connectivity index (χ1) is 28.1. The van der Waals surface area contributed by atoms with Crippen LogP contribution in [0.3, 0.4) is 0 Å². The molecule has 0 aliphatic heterocycles. The fourth-order valence-corrected chi connectivity index (χ4v) is 9.74. The van der Waals surface area contributed by atoms with E-state index in [-0.39, 0.29) is 0 Å². The van der Waals surface area contributed by atoms with E-state index in [0.29, 0.717) is 0 Å². The molecule has 0 saturated heterocycles. The lowest BCUT2D eigenvalue weighted by atomic mass is 10.0. The molecule has 0 aliphatic carbocycles. The van der Waals surface area contributed by atoms with Crippen LogP contribution in [-0.2, 0) is 0 Å². The number of fused-ring (bicyclic) bond motifs is 7. The van der Waals surface area contributed by atoms with Crippen LogP contribution in [0.4, 0.5) is 0 Å². The van der Waals surface area contributed by atoms with Crippen molar-refractivity contribution in [3.63, 3.8) is 0 Å². The Bertz CT molecular complexity index is 3310. The molecule has 270 valence electrons. The fraction of sp³-hybridized carbons (Fsp3) is 0.0385. The highest BCUT2D eigenvalue weighted by Gasteiger charge is 2.20. The Balaban J connectivity index is 1.20. The number of rotatable bonds is 6. The van der Waals surface area contributed by atoms with Gasteiger partial charge in [0.25, 0.3) is 0 Å². The van der Waals surface area contributed by atoms with Gasteiger partial charge in [0.1, 0.15) is 0 Å². The average Bonchev–Trinajstić information content (AvgIpc) is 3.91. The lowest BCUT2D eigenvalue weighted by Crippen LogP contribution is -2.01. The summed E-state index contributed by atoms with van der Waals surface area (Å²) in [5, 5.41) is 4.87. The third kappa shape index (κ3) is 5.35. The maximum atomic E-state index is 5.30. The molecule has 7 aromatic carbocycles. The van der Waals surface area contributed by atoms with Crippen LogP contribution in [0.5, 0.6) is 0 Å². The number of allylic oxidation sites excluding steroid dienone is 1. The van der Waals surface area contributed by atoms with Crippen molar-refractivity contribution in [1.29, 1.82) is 0 Å². The van der Waals surface area contributed by atoms with Gasteiger partial charge in [-0.15, -0.1) is 11.3 Å². The lowest BCUT2D eigenvalue weighted by Gasteiger charge is -2.16. The molecule has 4 aromatic heterocycles. The van der Waals surface area contributed by atoms with Gasteiger partial charge in [0.2, 0.25) is 0 Å². The van der Waals surface area contributed by atoms with Crippen LogP contribution in [0.2, 0.25) is 0 Å². The van der Waals surface area contributed by atoms with E-state index in [1.807, 2.05) is 18.2 Å². The number of nitrogens with zero attached hydrogens (tertiary/aromatic N) is 4. The number of thiophene rings is 1. The first-order valence-electron chi connectivity index (χ1n) is 19.4. The van der Waals surface area contributed by atoms with Gasteiger partial charge in [0, 0.05) is 54.4 Å². The SMILES string of the molecule is C/C=C\c1c(C)c2ccccc2n1-c1cc(-c2ccc3sc4c(-c5ccccc5)nc(-c5ccccc5)nc4c3c2)cc(-n2c3ccccc3c3ccccc32)c1. The van der Waals surface area contributed by atoms with Crippen molar-refractivity contribution in [3.05, 3.63) is 187 Å². The van der Waals surface area contributed by atoms with Crippen molar-refractivity contribution >= 4 is 70.4 Å². The lowest BCUT2D eigenvalue weighted by molar-refractivity contribution is 1.08. The van der Waals surface area contributed by atoms with Gasteiger partial charge in [-0.2, -0.15) is 0 Å². The second-order valence-corrected chi connectivity index (χ2v) is 15.6. The van der Waals surface area contributed by atoms with Crippen molar-refractivity contribution in [2.45, 2.75) is 13.8 Å². The number of hydrogen-bond acceptors (Lipinski definition) is 3. The van der Waals surface area contributed by atoms with Gasteiger partial charge in [-0.05, 0) is 85.1 Å². The molecule has 0 saturated carbocycles. The molecular formula is C52H36N4S. The summed E-state index contributed by atoms with van der Waals surface area (Å²) in [6.07, 6.45) is 4.38. The zero-order valence-corrected chi connectivity index (χ0v) is 32.3. The summed E-state index contributed by atoms with van der Waals surface area (Å²) < 4.78 is 7.13. The monoisotopic (exact) mass is 748 g/mol. The predicted molar refractivity (Wildman–Crippen MR) is 242 cm³/mol. The Morgan fingerprint density at radius 2 is 1.07 bits per heavy atom. The highest BCUT2D eigenvalue weighted by atomic mass is 32.1. The van der Waals surface area contributed by atoms with E-state index in [4.69, 9.17) is 9.97 Å². The summed E-state index contributed by atoms with van der Waals surface area (Å²) in [6, 6.07) is 61.0. The van der Waals surface area contributed by atoms with E-state index >= 15 is 0 Å². The maximum Gasteiger partial charge on any atom is 0.160 e. The highest BCUT2D eigenvalue weighted by Crippen LogP contribution is 2.42. The van der Waals surface area contributed by atoms with E-state index in [1.54, 1.807) is 11.3 Å². The molecule has 0 aliphatic rings. The predicted octanol–water partition coefficient (Wildman–Crippen LogP) is 14.2. The minimum atomic E-state index is 0.731. The van der Waals surface area contributed by atoms with Crippen LogP contribution in [0.25, 0.3) is 104 Å². The number of benzene rings is 7. The van der Waals surface area contributed by atoms with Crippen molar-refractivity contribution < 1.29 is 0 Å². The summed E-state index contributed by atoms with van der Waals surface area (Å²) in [5.74, 6) is 0.731. The summed E-state index contributed by atoms with van der Waals surface area (Å²) in [4.78, 5) is 10.5. The van der Waals surface area contributed by atoms with Gasteiger partial charge in [0.05, 0.1) is 32.5 Å². The van der Waals surface area contributed by atoms with Gasteiger partial charge in [-0.25, -0.2) is 9.97 Å². The third-order valence-electron chi connectivity index (χ3n) is 11.2. The smallest absolute Gasteiger partial charge is 0.160 e. The normalized spacial score (nSPS) is 12.0. The van der Waals surface area contributed by atoms with E-state index in [9.17, 15) is 0 Å². The average molecular weight is 749 g/mol. The van der Waals surface area contributed by atoms with E-state index in [2.05, 4.69) is 187 Å². The van der Waals surface area contributed by atoms with Crippen molar-refractivity contribution in [2.75, 3.05) is 0 Å². The fourth-order valence-electron chi connectivity index (χ4n) is 8.61. The summed E-state index contributed by atoms with van der Waals surface area (Å²) in [5.41, 5.74) is 14.5. The zero-order valence-electron chi connectivity index (χ0n) is 31.5. The Hall–Kier alpha value is -7.08. The van der Waals surface area contributed by atoms with Gasteiger partial charge < -0.3 is 9.13 Å². The van der Waals surface area contributed by atoms with Crippen LogP contribution in [-0.4, -0.2) is 19.1 Å². The molecular weight excluding hydrogens is 713 g/mol. The van der Waals surface area contributed by atoms with Crippen molar-refractivity contribution in [1.82, 2.24) is 19.1 Å². The first kappa shape index (κ1) is 33.3. The first-order valence-corrected chi connectivity index (χ1v) is 20.2. The molecule has 0 amide bonds.